The molecule has 3 nitrogen and oxygen atoms in total. The predicted octanol–water partition coefficient (Wildman–Crippen LogP) is 4.54. The Morgan fingerprint density at radius 1 is 1.37 bits per heavy atom. The Bertz CT molecular complexity index is 423. The number of benzene rings is 1. The maximum Gasteiger partial charge on any atom is 0.102 e. The van der Waals surface area contributed by atoms with Crippen molar-refractivity contribution in [3.05, 3.63) is 28.8 Å². The number of aryl methyl sites for hydroxylation is 1. The fourth-order valence-corrected chi connectivity index (χ4v) is 2.54. The lowest BCUT2D eigenvalue weighted by Gasteiger charge is -2.20. The van der Waals surface area contributed by atoms with Gasteiger partial charge in [0.1, 0.15) is 6.34 Å². The van der Waals surface area contributed by atoms with E-state index < -0.39 is 0 Å². The van der Waals surface area contributed by atoms with Crippen molar-refractivity contribution >= 4 is 35.8 Å². The molecule has 0 heterocycles. The van der Waals surface area contributed by atoms with E-state index in [2.05, 4.69) is 23.3 Å². The van der Waals surface area contributed by atoms with E-state index >= 15 is 0 Å². The quantitative estimate of drug-likeness (QED) is 0.418. The van der Waals surface area contributed by atoms with Crippen molar-refractivity contribution in [3.8, 4) is 0 Å². The lowest BCUT2D eigenvalue weighted by molar-refractivity contribution is 0.524. The molecule has 0 aliphatic carbocycles. The molecule has 0 fully saturated rings. The zero-order valence-electron chi connectivity index (χ0n) is 12.1. The maximum atomic E-state index is 5.92. The molecule has 0 aliphatic heterocycles. The molecule has 0 aromatic heterocycles. The molecule has 0 radical (unpaired) electrons. The Balaban J connectivity index is 2.51. The highest BCUT2D eigenvalue weighted by Gasteiger charge is 2.02. The molecule has 1 aromatic rings. The van der Waals surface area contributed by atoms with Gasteiger partial charge in [0.05, 0.1) is 5.69 Å². The molecule has 0 N–H and O–H groups in total. The fourth-order valence-electron chi connectivity index (χ4n) is 1.57. The third kappa shape index (κ3) is 6.32. The third-order valence-electron chi connectivity index (χ3n) is 2.61. The van der Waals surface area contributed by atoms with Gasteiger partial charge in [0.2, 0.25) is 0 Å². The molecule has 0 spiro atoms. The van der Waals surface area contributed by atoms with Gasteiger partial charge in [0, 0.05) is 30.7 Å². The van der Waals surface area contributed by atoms with Crippen LogP contribution >= 0.6 is 23.7 Å². The zero-order valence-corrected chi connectivity index (χ0v) is 13.6. The fraction of sp³-hybridized carbons (Fsp3) is 0.500. The summed E-state index contributed by atoms with van der Waals surface area (Å²) in [4.78, 5) is 4.47. The van der Waals surface area contributed by atoms with Crippen LogP contribution < -0.4 is 0 Å². The number of aliphatic imine (C=N–C) groups is 1. The minimum absolute atomic E-state index is 0.749. The van der Waals surface area contributed by atoms with Crippen molar-refractivity contribution in [2.75, 3.05) is 20.6 Å². The van der Waals surface area contributed by atoms with E-state index in [0.717, 1.165) is 22.8 Å². The Morgan fingerprint density at radius 2 is 2.11 bits per heavy atom. The van der Waals surface area contributed by atoms with Gasteiger partial charge in [-0.1, -0.05) is 24.9 Å². The molecule has 0 unspecified atom stereocenters. The smallest absolute Gasteiger partial charge is 0.102 e. The Hall–Kier alpha value is -0.710. The summed E-state index contributed by atoms with van der Waals surface area (Å²) in [5.74, 6) is 0. The molecule has 1 aromatic carbocycles. The summed E-state index contributed by atoms with van der Waals surface area (Å²) in [5.41, 5.74) is 2.04. The molecule has 106 valence electrons. The van der Waals surface area contributed by atoms with Gasteiger partial charge in [-0.25, -0.2) is 9.30 Å². The Kier molecular flexibility index (Phi) is 7.28. The van der Waals surface area contributed by atoms with E-state index in [1.54, 1.807) is 12.1 Å². The van der Waals surface area contributed by atoms with Crippen LogP contribution in [0.5, 0.6) is 0 Å². The van der Waals surface area contributed by atoms with E-state index in [0.29, 0.717) is 0 Å². The second kappa shape index (κ2) is 8.46. The van der Waals surface area contributed by atoms with Crippen molar-refractivity contribution in [2.45, 2.75) is 26.7 Å². The monoisotopic (exact) mass is 299 g/mol. The average molecular weight is 300 g/mol. The molecular formula is C14H22ClN3S. The van der Waals surface area contributed by atoms with Crippen LogP contribution in [0.15, 0.2) is 23.2 Å². The van der Waals surface area contributed by atoms with Crippen molar-refractivity contribution in [2.24, 2.45) is 4.99 Å². The summed E-state index contributed by atoms with van der Waals surface area (Å²) in [6.07, 6.45) is 4.26. The SMILES string of the molecule is CCCCN(C)SN(C)C=Nc1ccc(Cl)cc1C. The van der Waals surface area contributed by atoms with E-state index in [1.165, 1.54) is 12.8 Å². The van der Waals surface area contributed by atoms with Crippen LogP contribution in [0.4, 0.5) is 5.69 Å². The summed E-state index contributed by atoms with van der Waals surface area (Å²) < 4.78 is 4.22. The van der Waals surface area contributed by atoms with Gasteiger partial charge in [0.25, 0.3) is 0 Å². The highest BCUT2D eigenvalue weighted by Crippen LogP contribution is 2.22. The minimum Gasteiger partial charge on any atom is -0.297 e. The number of halogens is 1. The van der Waals surface area contributed by atoms with Crippen LogP contribution in [0.1, 0.15) is 25.3 Å². The first-order chi connectivity index (χ1) is 9.02. The molecule has 0 amide bonds. The molecule has 0 saturated heterocycles. The maximum absolute atomic E-state index is 5.92. The lowest BCUT2D eigenvalue weighted by atomic mass is 10.2. The highest BCUT2D eigenvalue weighted by atomic mass is 35.5. The van der Waals surface area contributed by atoms with Crippen LogP contribution in [0.25, 0.3) is 0 Å². The molecule has 5 heteroatoms. The molecule has 1 rings (SSSR count). The summed E-state index contributed by atoms with van der Waals surface area (Å²) in [7, 11) is 4.10. The molecule has 19 heavy (non-hydrogen) atoms. The third-order valence-corrected chi connectivity index (χ3v) is 3.66. The Labute approximate surface area is 125 Å². The van der Waals surface area contributed by atoms with Crippen LogP contribution in [-0.2, 0) is 0 Å². The topological polar surface area (TPSA) is 18.8 Å². The first-order valence-corrected chi connectivity index (χ1v) is 7.56. The molecule has 0 saturated carbocycles. The van der Waals surface area contributed by atoms with Gasteiger partial charge >= 0.3 is 0 Å². The van der Waals surface area contributed by atoms with E-state index in [4.69, 9.17) is 11.6 Å². The summed E-state index contributed by atoms with van der Waals surface area (Å²) in [6, 6.07) is 5.73. The molecule has 0 bridgehead atoms. The van der Waals surface area contributed by atoms with Gasteiger partial charge in [-0.05, 0) is 44.2 Å². The standard InChI is InChI=1S/C14H22ClN3S/c1-5-6-9-17(3)19-18(4)11-16-14-8-7-13(15)10-12(14)2/h7-8,10-11H,5-6,9H2,1-4H3. The second-order valence-corrected chi connectivity index (χ2v) is 6.31. The van der Waals surface area contributed by atoms with Gasteiger partial charge < -0.3 is 0 Å². The number of nitrogens with zero attached hydrogens (tertiary/aromatic N) is 3. The van der Waals surface area contributed by atoms with Crippen LogP contribution in [-0.4, -0.2) is 35.6 Å². The van der Waals surface area contributed by atoms with Crippen LogP contribution in [0.2, 0.25) is 5.02 Å². The second-order valence-electron chi connectivity index (χ2n) is 4.51. The molecule has 0 aliphatic rings. The van der Waals surface area contributed by atoms with Crippen molar-refractivity contribution in [3.63, 3.8) is 0 Å². The van der Waals surface area contributed by atoms with Gasteiger partial charge in [-0.2, -0.15) is 0 Å². The predicted molar refractivity (Wildman–Crippen MR) is 87.2 cm³/mol. The van der Waals surface area contributed by atoms with Gasteiger partial charge in [0.15, 0.2) is 0 Å². The minimum atomic E-state index is 0.749. The number of hydrogen-bond donors (Lipinski definition) is 0. The average Bonchev–Trinajstić information content (AvgIpc) is 2.35. The van der Waals surface area contributed by atoms with Crippen LogP contribution in [0, 0.1) is 6.92 Å². The van der Waals surface area contributed by atoms with E-state index in [1.807, 2.05) is 42.8 Å². The normalized spacial score (nSPS) is 11.5. The lowest BCUT2D eigenvalue weighted by Crippen LogP contribution is -2.19. The summed E-state index contributed by atoms with van der Waals surface area (Å²) in [5, 5.41) is 0.749. The van der Waals surface area contributed by atoms with E-state index in [9.17, 15) is 0 Å². The van der Waals surface area contributed by atoms with Crippen molar-refractivity contribution in [1.29, 1.82) is 0 Å². The zero-order chi connectivity index (χ0) is 14.3. The largest absolute Gasteiger partial charge is 0.297 e. The van der Waals surface area contributed by atoms with Gasteiger partial charge in [-0.3, -0.25) is 4.31 Å². The van der Waals surface area contributed by atoms with Gasteiger partial charge in [-0.15, -0.1) is 0 Å². The first-order valence-electron chi connectivity index (χ1n) is 6.45. The summed E-state index contributed by atoms with van der Waals surface area (Å²) in [6.45, 7) is 5.30. The summed E-state index contributed by atoms with van der Waals surface area (Å²) >= 11 is 7.58. The Morgan fingerprint density at radius 3 is 2.74 bits per heavy atom. The number of hydrogen-bond acceptors (Lipinski definition) is 3. The highest BCUT2D eigenvalue weighted by molar-refractivity contribution is 7.95. The van der Waals surface area contributed by atoms with Crippen molar-refractivity contribution < 1.29 is 0 Å². The molecular weight excluding hydrogens is 278 g/mol. The van der Waals surface area contributed by atoms with Crippen molar-refractivity contribution in [1.82, 2.24) is 8.61 Å². The van der Waals surface area contributed by atoms with E-state index in [-0.39, 0.29) is 0 Å². The first kappa shape index (κ1) is 16.3. The molecule has 0 atom stereocenters. The number of rotatable bonds is 7. The van der Waals surface area contributed by atoms with Crippen LogP contribution in [0.3, 0.4) is 0 Å². The number of unbranched alkanes of at least 4 members (excludes halogenated alkanes) is 1.